The van der Waals surface area contributed by atoms with Gasteiger partial charge in [0.15, 0.2) is 15.1 Å². The fourth-order valence-electron chi connectivity index (χ4n) is 4.16. The van der Waals surface area contributed by atoms with E-state index in [9.17, 15) is 21.2 Å². The molecule has 11 nitrogen and oxygen atoms in total. The zero-order valence-electron chi connectivity index (χ0n) is 21.5. The van der Waals surface area contributed by atoms with E-state index >= 15 is 0 Å². The van der Waals surface area contributed by atoms with Gasteiger partial charge < -0.3 is 9.15 Å². The van der Waals surface area contributed by atoms with Gasteiger partial charge in [0.2, 0.25) is 11.8 Å². The molecule has 222 valence electrons. The first-order valence-corrected chi connectivity index (χ1v) is 16.1. The Hall–Kier alpha value is -3.60. The Labute approximate surface area is 246 Å². The Balaban J connectivity index is 0.00000405. The van der Waals surface area contributed by atoms with Gasteiger partial charge >= 0.3 is 0 Å². The summed E-state index contributed by atoms with van der Waals surface area (Å²) < 4.78 is 77.4. The Morgan fingerprint density at radius 1 is 1.00 bits per heavy atom. The highest BCUT2D eigenvalue weighted by molar-refractivity contribution is 7.91. The molecule has 0 aliphatic carbocycles. The van der Waals surface area contributed by atoms with Gasteiger partial charge in [0, 0.05) is 7.11 Å². The van der Waals surface area contributed by atoms with Crippen LogP contribution in [0.4, 0.5) is 4.39 Å². The molecule has 0 radical (unpaired) electrons. The van der Waals surface area contributed by atoms with Crippen LogP contribution in [0.3, 0.4) is 0 Å². The topological polar surface area (TPSA) is 167 Å². The van der Waals surface area contributed by atoms with Crippen LogP contribution in [0.15, 0.2) is 71.1 Å². The van der Waals surface area contributed by atoms with Crippen LogP contribution in [0.1, 0.15) is 40.6 Å². The molecule has 42 heavy (non-hydrogen) atoms. The van der Waals surface area contributed by atoms with Crippen molar-refractivity contribution in [3.05, 3.63) is 100 Å². The van der Waals surface area contributed by atoms with Crippen molar-refractivity contribution in [2.45, 2.75) is 31.6 Å². The number of fused-ring (bicyclic) bond motifs is 1. The molecule has 2 aromatic heterocycles. The summed E-state index contributed by atoms with van der Waals surface area (Å²) >= 11 is 1.14. The highest BCUT2D eigenvalue weighted by atomic mass is 32.2. The average Bonchev–Trinajstić information content (AvgIpc) is 3.54. The van der Waals surface area contributed by atoms with Crippen LogP contribution >= 0.6 is 11.3 Å². The molecule has 5 rings (SSSR count). The second kappa shape index (κ2) is 12.7. The summed E-state index contributed by atoms with van der Waals surface area (Å²) in [4.78, 5) is 4.57. The fraction of sp³-hybridized carbons (Fsp3) is 0.222. The van der Waals surface area contributed by atoms with E-state index in [1.165, 1.54) is 18.2 Å². The standard InChI is InChI=1S/C26H24FN5O6S3.CH4/c1-37-14-16-5-7-18(8-6-16)19-9-10-21-22(12-19)39-26(30-21)24(25-32-31-23(38-25)13-29-41(28,35)36)40(33,34)15-17-3-2-4-20(27)11-17;/h2-12,24,29H,13-15H2,1H3,(H2,28,35,36);1H4. The van der Waals surface area contributed by atoms with E-state index in [0.29, 0.717) is 12.1 Å². The summed E-state index contributed by atoms with van der Waals surface area (Å²) in [5, 5.41) is 11.3. The number of nitrogens with one attached hydrogen (secondary N) is 1. The lowest BCUT2D eigenvalue weighted by molar-refractivity contribution is 0.185. The highest BCUT2D eigenvalue weighted by Gasteiger charge is 2.37. The van der Waals surface area contributed by atoms with Gasteiger partial charge in [-0.15, -0.1) is 21.5 Å². The van der Waals surface area contributed by atoms with Crippen molar-refractivity contribution in [1.82, 2.24) is 19.9 Å². The molecule has 0 spiro atoms. The lowest BCUT2D eigenvalue weighted by atomic mass is 10.0. The van der Waals surface area contributed by atoms with Crippen LogP contribution in [-0.2, 0) is 43.7 Å². The lowest BCUT2D eigenvalue weighted by Crippen LogP contribution is -2.30. The number of benzene rings is 3. The maximum absolute atomic E-state index is 13.8. The minimum absolute atomic E-state index is 0. The zero-order valence-corrected chi connectivity index (χ0v) is 24.0. The summed E-state index contributed by atoms with van der Waals surface area (Å²) in [6, 6.07) is 18.7. The largest absolute Gasteiger partial charge is 0.422 e. The average molecular weight is 634 g/mol. The number of nitrogens with two attached hydrogens (primary N) is 1. The molecule has 0 bridgehead atoms. The minimum atomic E-state index is -4.14. The smallest absolute Gasteiger partial charge is 0.274 e. The van der Waals surface area contributed by atoms with E-state index in [-0.39, 0.29) is 29.8 Å². The molecule has 0 fully saturated rings. The van der Waals surface area contributed by atoms with Crippen molar-refractivity contribution >= 4 is 41.6 Å². The molecule has 0 amide bonds. The van der Waals surface area contributed by atoms with E-state index in [1.54, 1.807) is 13.2 Å². The monoisotopic (exact) mass is 633 g/mol. The number of halogens is 1. The van der Waals surface area contributed by atoms with Crippen LogP contribution in [-0.4, -0.2) is 39.1 Å². The van der Waals surface area contributed by atoms with Gasteiger partial charge in [0.05, 0.1) is 29.1 Å². The van der Waals surface area contributed by atoms with Gasteiger partial charge in [-0.2, -0.15) is 13.1 Å². The van der Waals surface area contributed by atoms with Crippen molar-refractivity contribution in [1.29, 1.82) is 0 Å². The molecule has 0 saturated carbocycles. The third kappa shape index (κ3) is 7.42. The van der Waals surface area contributed by atoms with Gasteiger partial charge in [-0.25, -0.2) is 22.9 Å². The Morgan fingerprint density at radius 2 is 1.74 bits per heavy atom. The molecule has 3 aromatic carbocycles. The molecule has 0 aliphatic heterocycles. The Kier molecular flexibility index (Phi) is 9.50. The lowest BCUT2D eigenvalue weighted by Gasteiger charge is -2.12. The van der Waals surface area contributed by atoms with Crippen molar-refractivity contribution in [2.24, 2.45) is 5.14 Å². The second-order valence-electron chi connectivity index (χ2n) is 9.08. The van der Waals surface area contributed by atoms with Crippen LogP contribution in [0.5, 0.6) is 0 Å². The van der Waals surface area contributed by atoms with Crippen molar-refractivity contribution < 1.29 is 30.4 Å². The predicted molar refractivity (Wildman–Crippen MR) is 158 cm³/mol. The zero-order chi connectivity index (χ0) is 29.2. The molecular weight excluding hydrogens is 606 g/mol. The first kappa shape index (κ1) is 31.3. The number of methoxy groups -OCH3 is 1. The third-order valence-electron chi connectivity index (χ3n) is 5.97. The molecule has 15 heteroatoms. The summed E-state index contributed by atoms with van der Waals surface area (Å²) in [5.74, 6) is -1.61. The first-order valence-electron chi connectivity index (χ1n) is 12.1. The molecule has 3 N–H and O–H groups in total. The summed E-state index contributed by atoms with van der Waals surface area (Å²) in [6.07, 6.45) is 0. The van der Waals surface area contributed by atoms with Crippen LogP contribution in [0.2, 0.25) is 0 Å². The Morgan fingerprint density at radius 3 is 2.43 bits per heavy atom. The Bertz CT molecular complexity index is 1910. The van der Waals surface area contributed by atoms with Crippen LogP contribution in [0, 0.1) is 5.82 Å². The molecule has 0 aliphatic rings. The third-order valence-corrected chi connectivity index (χ3v) is 9.63. The normalized spacial score (nSPS) is 12.7. The highest BCUT2D eigenvalue weighted by Crippen LogP contribution is 2.38. The fourth-order valence-corrected chi connectivity index (χ4v) is 7.62. The predicted octanol–water partition coefficient (Wildman–Crippen LogP) is 4.27. The number of hydrogen-bond acceptors (Lipinski definition) is 10. The number of rotatable bonds is 11. The van der Waals surface area contributed by atoms with E-state index in [0.717, 1.165) is 38.8 Å². The van der Waals surface area contributed by atoms with E-state index in [4.69, 9.17) is 14.3 Å². The van der Waals surface area contributed by atoms with E-state index in [1.807, 2.05) is 41.1 Å². The van der Waals surface area contributed by atoms with Gasteiger partial charge in [0.25, 0.3) is 10.2 Å². The SMILES string of the molecule is C.COCc1ccc(-c2ccc3nc(C(c4nnc(CNS(N)(=O)=O)o4)S(=O)(=O)Cc4cccc(F)c4)sc3c2)cc1. The van der Waals surface area contributed by atoms with Crippen molar-refractivity contribution in [2.75, 3.05) is 7.11 Å². The quantitative estimate of drug-likeness (QED) is 0.216. The second-order valence-corrected chi connectivity index (χ2v) is 13.6. The number of hydrogen-bond donors (Lipinski definition) is 2. The number of ether oxygens (including phenoxy) is 1. The van der Waals surface area contributed by atoms with Crippen LogP contribution < -0.4 is 9.86 Å². The molecule has 1 unspecified atom stereocenters. The van der Waals surface area contributed by atoms with Gasteiger partial charge in [-0.1, -0.05) is 49.9 Å². The summed E-state index contributed by atoms with van der Waals surface area (Å²) in [7, 11) is -6.56. The molecule has 5 aromatic rings. The number of nitrogens with zero attached hydrogens (tertiary/aromatic N) is 3. The molecular formula is C27H28FN5O6S3. The number of aromatic nitrogens is 3. The van der Waals surface area contributed by atoms with Crippen molar-refractivity contribution in [3.8, 4) is 11.1 Å². The minimum Gasteiger partial charge on any atom is -0.422 e. The molecule has 0 saturated heterocycles. The summed E-state index contributed by atoms with van der Waals surface area (Å²) in [6.45, 7) is 0.0629. The van der Waals surface area contributed by atoms with Gasteiger partial charge in [0.1, 0.15) is 10.8 Å². The molecule has 2 heterocycles. The van der Waals surface area contributed by atoms with Gasteiger partial charge in [-0.05, 0) is 46.5 Å². The van der Waals surface area contributed by atoms with E-state index in [2.05, 4.69) is 15.2 Å². The molecule has 1 atom stereocenters. The van der Waals surface area contributed by atoms with Crippen LogP contribution in [0.25, 0.3) is 21.3 Å². The van der Waals surface area contributed by atoms with Gasteiger partial charge in [-0.3, -0.25) is 0 Å². The van der Waals surface area contributed by atoms with Crippen molar-refractivity contribution in [3.63, 3.8) is 0 Å². The maximum Gasteiger partial charge on any atom is 0.274 e. The number of thiazole rings is 1. The first-order chi connectivity index (χ1) is 19.5. The maximum atomic E-state index is 13.8. The number of sulfone groups is 1. The van der Waals surface area contributed by atoms with E-state index < -0.39 is 43.4 Å². The summed E-state index contributed by atoms with van der Waals surface area (Å²) in [5.41, 5.74) is 3.69.